The molecular formula is C20H33NO. The van der Waals surface area contributed by atoms with E-state index in [1.807, 2.05) is 6.07 Å². The molecule has 1 saturated heterocycles. The van der Waals surface area contributed by atoms with Crippen LogP contribution in [0.25, 0.3) is 0 Å². The van der Waals surface area contributed by atoms with Crippen molar-refractivity contribution in [1.29, 1.82) is 0 Å². The summed E-state index contributed by atoms with van der Waals surface area (Å²) in [6.45, 7) is 4.52. The molecular weight excluding hydrogens is 270 g/mol. The molecule has 1 aromatic carbocycles. The molecule has 0 amide bonds. The van der Waals surface area contributed by atoms with Crippen LogP contribution in [0, 0.1) is 5.92 Å². The van der Waals surface area contributed by atoms with Crippen LogP contribution in [0.3, 0.4) is 0 Å². The van der Waals surface area contributed by atoms with Crippen molar-refractivity contribution in [3.63, 3.8) is 0 Å². The molecule has 1 heterocycles. The van der Waals surface area contributed by atoms with E-state index in [-0.39, 0.29) is 0 Å². The minimum atomic E-state index is 0.392. The second kappa shape index (κ2) is 10.7. The predicted molar refractivity (Wildman–Crippen MR) is 94.4 cm³/mol. The summed E-state index contributed by atoms with van der Waals surface area (Å²) >= 11 is 0. The minimum Gasteiger partial charge on any atom is -0.490 e. The topological polar surface area (TPSA) is 21.3 Å². The minimum absolute atomic E-state index is 0.392. The third kappa shape index (κ3) is 6.39. The van der Waals surface area contributed by atoms with Crippen LogP contribution in [-0.2, 0) is 0 Å². The summed E-state index contributed by atoms with van der Waals surface area (Å²) in [6, 6.07) is 10.3. The van der Waals surface area contributed by atoms with Gasteiger partial charge in [-0.25, -0.2) is 0 Å². The van der Waals surface area contributed by atoms with E-state index in [9.17, 15) is 0 Å². The zero-order valence-electron chi connectivity index (χ0n) is 14.2. The molecule has 1 aliphatic rings. The monoisotopic (exact) mass is 303 g/mol. The molecule has 2 nitrogen and oxygen atoms in total. The standard InChI is InChI=1S/C20H33NO/c1-2-3-4-5-6-7-8-12-15-20(18-16-21-17-18)22-19-13-10-9-11-14-19/h9-11,13-14,18,20-21H,2-8,12,15-17H2,1H3. The van der Waals surface area contributed by atoms with E-state index in [4.69, 9.17) is 4.74 Å². The Morgan fingerprint density at radius 2 is 1.59 bits per heavy atom. The van der Waals surface area contributed by atoms with Crippen LogP contribution >= 0.6 is 0 Å². The summed E-state index contributed by atoms with van der Waals surface area (Å²) in [6.07, 6.45) is 12.7. The third-order valence-corrected chi connectivity index (χ3v) is 4.71. The van der Waals surface area contributed by atoms with E-state index < -0.39 is 0 Å². The van der Waals surface area contributed by atoms with Crippen molar-refractivity contribution in [1.82, 2.24) is 5.32 Å². The van der Waals surface area contributed by atoms with E-state index in [0.29, 0.717) is 12.0 Å². The maximum Gasteiger partial charge on any atom is 0.119 e. The summed E-state index contributed by atoms with van der Waals surface area (Å²) in [7, 11) is 0. The van der Waals surface area contributed by atoms with Crippen LogP contribution in [-0.4, -0.2) is 19.2 Å². The molecule has 0 saturated carbocycles. The van der Waals surface area contributed by atoms with Gasteiger partial charge in [-0.05, 0) is 25.0 Å². The summed E-state index contributed by atoms with van der Waals surface area (Å²) < 4.78 is 6.24. The van der Waals surface area contributed by atoms with Crippen molar-refractivity contribution in [2.45, 2.75) is 70.8 Å². The van der Waals surface area contributed by atoms with E-state index in [1.165, 1.54) is 57.8 Å². The lowest BCUT2D eigenvalue weighted by Gasteiger charge is -2.35. The van der Waals surface area contributed by atoms with Gasteiger partial charge in [0.05, 0.1) is 0 Å². The van der Waals surface area contributed by atoms with E-state index in [2.05, 4.69) is 36.5 Å². The third-order valence-electron chi connectivity index (χ3n) is 4.71. The van der Waals surface area contributed by atoms with Gasteiger partial charge in [0.25, 0.3) is 0 Å². The zero-order chi connectivity index (χ0) is 15.5. The van der Waals surface area contributed by atoms with Crippen LogP contribution in [0.5, 0.6) is 5.75 Å². The molecule has 124 valence electrons. The van der Waals surface area contributed by atoms with Crippen LogP contribution in [0.4, 0.5) is 0 Å². The van der Waals surface area contributed by atoms with Crippen molar-refractivity contribution < 1.29 is 4.74 Å². The number of hydrogen-bond donors (Lipinski definition) is 1. The molecule has 0 aliphatic carbocycles. The van der Waals surface area contributed by atoms with E-state index >= 15 is 0 Å². The van der Waals surface area contributed by atoms with E-state index in [1.54, 1.807) is 0 Å². The molecule has 1 aromatic rings. The summed E-state index contributed by atoms with van der Waals surface area (Å²) in [4.78, 5) is 0. The Hall–Kier alpha value is -1.02. The SMILES string of the molecule is CCCCCCCCCCC(Oc1ccccc1)C1CNC1. The average molecular weight is 303 g/mol. The maximum absolute atomic E-state index is 6.24. The maximum atomic E-state index is 6.24. The van der Waals surface area contributed by atoms with Crippen molar-refractivity contribution in [2.75, 3.05) is 13.1 Å². The highest BCUT2D eigenvalue weighted by Gasteiger charge is 2.28. The lowest BCUT2D eigenvalue weighted by Crippen LogP contribution is -2.50. The van der Waals surface area contributed by atoms with Gasteiger partial charge in [-0.1, -0.05) is 70.1 Å². The first-order valence-corrected chi connectivity index (χ1v) is 9.32. The first-order valence-electron chi connectivity index (χ1n) is 9.32. The number of ether oxygens (including phenoxy) is 1. The largest absolute Gasteiger partial charge is 0.490 e. The van der Waals surface area contributed by atoms with Crippen molar-refractivity contribution in [3.05, 3.63) is 30.3 Å². The van der Waals surface area contributed by atoms with Crippen LogP contribution < -0.4 is 10.1 Å². The fraction of sp³-hybridized carbons (Fsp3) is 0.700. The van der Waals surface area contributed by atoms with Gasteiger partial charge in [0.2, 0.25) is 0 Å². The lowest BCUT2D eigenvalue weighted by molar-refractivity contribution is 0.0889. The van der Waals surface area contributed by atoms with Crippen LogP contribution in [0.15, 0.2) is 30.3 Å². The van der Waals surface area contributed by atoms with Gasteiger partial charge < -0.3 is 10.1 Å². The van der Waals surface area contributed by atoms with Crippen molar-refractivity contribution in [3.8, 4) is 5.75 Å². The first kappa shape index (κ1) is 17.3. The number of hydrogen-bond acceptors (Lipinski definition) is 2. The summed E-state index contributed by atoms with van der Waals surface area (Å²) in [5.41, 5.74) is 0. The summed E-state index contributed by atoms with van der Waals surface area (Å²) in [5.74, 6) is 1.73. The number of unbranched alkanes of at least 4 members (excludes halogenated alkanes) is 7. The molecule has 1 fully saturated rings. The fourth-order valence-corrected chi connectivity index (χ4v) is 3.12. The van der Waals surface area contributed by atoms with Gasteiger partial charge in [0, 0.05) is 19.0 Å². The molecule has 2 heteroatoms. The highest BCUT2D eigenvalue weighted by Crippen LogP contribution is 2.23. The molecule has 22 heavy (non-hydrogen) atoms. The highest BCUT2D eigenvalue weighted by atomic mass is 16.5. The lowest BCUT2D eigenvalue weighted by atomic mass is 9.92. The number of rotatable bonds is 12. The molecule has 2 rings (SSSR count). The average Bonchev–Trinajstić information content (AvgIpc) is 2.49. The predicted octanol–water partition coefficient (Wildman–Crippen LogP) is 5.18. The Bertz CT molecular complexity index is 375. The molecule has 0 aromatic heterocycles. The van der Waals surface area contributed by atoms with Crippen molar-refractivity contribution in [2.24, 2.45) is 5.92 Å². The second-order valence-corrected chi connectivity index (χ2v) is 6.65. The van der Waals surface area contributed by atoms with Crippen LogP contribution in [0.2, 0.25) is 0 Å². The summed E-state index contributed by atoms with van der Waals surface area (Å²) in [5, 5.41) is 3.38. The number of nitrogens with one attached hydrogen (secondary N) is 1. The van der Waals surface area contributed by atoms with Gasteiger partial charge in [0.1, 0.15) is 11.9 Å². The van der Waals surface area contributed by atoms with Gasteiger partial charge in [-0.15, -0.1) is 0 Å². The number of benzene rings is 1. The van der Waals surface area contributed by atoms with Gasteiger partial charge in [-0.2, -0.15) is 0 Å². The molecule has 1 N–H and O–H groups in total. The van der Waals surface area contributed by atoms with Gasteiger partial charge >= 0.3 is 0 Å². The Labute approximate surface area is 136 Å². The molecule has 0 bridgehead atoms. The van der Waals surface area contributed by atoms with Crippen molar-refractivity contribution >= 4 is 0 Å². The zero-order valence-corrected chi connectivity index (χ0v) is 14.2. The molecule has 0 radical (unpaired) electrons. The second-order valence-electron chi connectivity index (χ2n) is 6.65. The molecule has 1 unspecified atom stereocenters. The molecule has 1 aliphatic heterocycles. The normalized spacial score (nSPS) is 16.2. The number of para-hydroxylation sites is 1. The Kier molecular flexibility index (Phi) is 8.40. The Balaban J connectivity index is 1.61. The van der Waals surface area contributed by atoms with Gasteiger partial charge in [-0.3, -0.25) is 0 Å². The molecule has 0 spiro atoms. The highest BCUT2D eigenvalue weighted by molar-refractivity contribution is 5.21. The molecule has 1 atom stereocenters. The Morgan fingerprint density at radius 1 is 0.955 bits per heavy atom. The quantitative estimate of drug-likeness (QED) is 0.537. The smallest absolute Gasteiger partial charge is 0.119 e. The van der Waals surface area contributed by atoms with E-state index in [0.717, 1.165) is 18.8 Å². The first-order chi connectivity index (χ1) is 10.9. The van der Waals surface area contributed by atoms with Gasteiger partial charge in [0.15, 0.2) is 0 Å². The fourth-order valence-electron chi connectivity index (χ4n) is 3.12. The Morgan fingerprint density at radius 3 is 2.18 bits per heavy atom. The van der Waals surface area contributed by atoms with Crippen LogP contribution in [0.1, 0.15) is 64.7 Å².